The summed E-state index contributed by atoms with van der Waals surface area (Å²) < 4.78 is 11.5. The minimum atomic E-state index is 0.0784. The SMILES string of the molecule is CNC(C1CCOCC1)C1(OC)CCCCC1. The van der Waals surface area contributed by atoms with Gasteiger partial charge < -0.3 is 14.8 Å². The van der Waals surface area contributed by atoms with Crippen LogP contribution in [0.3, 0.4) is 0 Å². The maximum atomic E-state index is 5.98. The lowest BCUT2D eigenvalue weighted by atomic mass is 9.72. The molecule has 1 saturated heterocycles. The van der Waals surface area contributed by atoms with Crippen LogP contribution in [-0.2, 0) is 9.47 Å². The highest BCUT2D eigenvalue weighted by Gasteiger charge is 2.43. The molecule has 2 fully saturated rings. The molecular formula is C14H27NO2. The predicted molar refractivity (Wildman–Crippen MR) is 69.2 cm³/mol. The zero-order chi connectivity index (χ0) is 12.1. The Balaban J connectivity index is 2.07. The summed E-state index contributed by atoms with van der Waals surface area (Å²) in [5.74, 6) is 0.715. The maximum absolute atomic E-state index is 5.98. The Bertz CT molecular complexity index is 220. The molecular weight excluding hydrogens is 214 g/mol. The molecule has 0 amide bonds. The van der Waals surface area contributed by atoms with E-state index in [2.05, 4.69) is 12.4 Å². The first-order valence-corrected chi connectivity index (χ1v) is 7.12. The van der Waals surface area contributed by atoms with Crippen molar-refractivity contribution >= 4 is 0 Å². The van der Waals surface area contributed by atoms with Gasteiger partial charge in [-0.3, -0.25) is 0 Å². The molecule has 2 rings (SSSR count). The maximum Gasteiger partial charge on any atom is 0.0833 e. The van der Waals surface area contributed by atoms with Crippen LogP contribution < -0.4 is 5.32 Å². The second kappa shape index (κ2) is 6.17. The third-order valence-electron chi connectivity index (χ3n) is 4.72. The molecule has 0 bridgehead atoms. The third kappa shape index (κ3) is 2.83. The van der Waals surface area contributed by atoms with Crippen LogP contribution in [0.1, 0.15) is 44.9 Å². The molecule has 0 aromatic rings. The summed E-state index contributed by atoms with van der Waals surface area (Å²) in [6.45, 7) is 1.84. The summed E-state index contributed by atoms with van der Waals surface area (Å²) in [7, 11) is 3.99. The first-order chi connectivity index (χ1) is 8.32. The number of nitrogens with one attached hydrogen (secondary N) is 1. The average molecular weight is 241 g/mol. The van der Waals surface area contributed by atoms with Crippen LogP contribution >= 0.6 is 0 Å². The standard InChI is InChI=1S/C14H27NO2/c1-15-13(12-6-10-17-11-7-12)14(16-2)8-4-3-5-9-14/h12-13,15H,3-11H2,1-2H3. The second-order valence-electron chi connectivity index (χ2n) is 5.55. The molecule has 0 spiro atoms. The van der Waals surface area contributed by atoms with Gasteiger partial charge in [0.1, 0.15) is 0 Å². The van der Waals surface area contributed by atoms with Crippen molar-refractivity contribution in [1.29, 1.82) is 0 Å². The molecule has 1 aliphatic carbocycles. The van der Waals surface area contributed by atoms with Gasteiger partial charge in [0.05, 0.1) is 5.60 Å². The van der Waals surface area contributed by atoms with E-state index in [0.717, 1.165) is 13.2 Å². The first-order valence-electron chi connectivity index (χ1n) is 7.12. The first kappa shape index (κ1) is 13.3. The smallest absolute Gasteiger partial charge is 0.0833 e. The molecule has 3 nitrogen and oxygen atoms in total. The molecule has 2 aliphatic rings. The highest BCUT2D eigenvalue weighted by atomic mass is 16.5. The van der Waals surface area contributed by atoms with Gasteiger partial charge >= 0.3 is 0 Å². The fourth-order valence-electron chi connectivity index (χ4n) is 3.77. The lowest BCUT2D eigenvalue weighted by Gasteiger charge is -2.46. The zero-order valence-electron chi connectivity index (χ0n) is 11.3. The van der Waals surface area contributed by atoms with Gasteiger partial charge in [-0.15, -0.1) is 0 Å². The van der Waals surface area contributed by atoms with E-state index in [0.29, 0.717) is 12.0 Å². The Morgan fingerprint density at radius 2 is 1.82 bits per heavy atom. The Morgan fingerprint density at radius 1 is 1.18 bits per heavy atom. The fourth-order valence-corrected chi connectivity index (χ4v) is 3.77. The zero-order valence-corrected chi connectivity index (χ0v) is 11.3. The van der Waals surface area contributed by atoms with E-state index >= 15 is 0 Å². The Hall–Kier alpha value is -0.120. The van der Waals surface area contributed by atoms with Crippen LogP contribution in [0.2, 0.25) is 0 Å². The van der Waals surface area contributed by atoms with Gasteiger partial charge in [0.2, 0.25) is 0 Å². The fraction of sp³-hybridized carbons (Fsp3) is 1.00. The molecule has 1 heterocycles. The largest absolute Gasteiger partial charge is 0.381 e. The van der Waals surface area contributed by atoms with Crippen molar-refractivity contribution in [2.24, 2.45) is 5.92 Å². The van der Waals surface area contributed by atoms with Gasteiger partial charge in [0.15, 0.2) is 0 Å². The van der Waals surface area contributed by atoms with Gasteiger partial charge in [0.25, 0.3) is 0 Å². The van der Waals surface area contributed by atoms with Gasteiger partial charge in [-0.25, -0.2) is 0 Å². The quantitative estimate of drug-likeness (QED) is 0.819. The monoisotopic (exact) mass is 241 g/mol. The van der Waals surface area contributed by atoms with Crippen LogP contribution in [0.4, 0.5) is 0 Å². The van der Waals surface area contributed by atoms with Crippen molar-refractivity contribution in [3.8, 4) is 0 Å². The lowest BCUT2D eigenvalue weighted by Crippen LogP contribution is -2.56. The summed E-state index contributed by atoms with van der Waals surface area (Å²) in [5.41, 5.74) is 0.0784. The third-order valence-corrected chi connectivity index (χ3v) is 4.72. The molecule has 100 valence electrons. The highest BCUT2D eigenvalue weighted by molar-refractivity contribution is 4.98. The molecule has 1 atom stereocenters. The number of rotatable bonds is 4. The molecule has 0 aromatic carbocycles. The molecule has 1 saturated carbocycles. The lowest BCUT2D eigenvalue weighted by molar-refractivity contribution is -0.0915. The topological polar surface area (TPSA) is 30.5 Å². The number of hydrogen-bond acceptors (Lipinski definition) is 3. The molecule has 17 heavy (non-hydrogen) atoms. The summed E-state index contributed by atoms with van der Waals surface area (Å²) in [6, 6.07) is 0.497. The predicted octanol–water partition coefficient (Wildman–Crippen LogP) is 2.35. The Labute approximate surface area is 105 Å². The van der Waals surface area contributed by atoms with E-state index in [1.54, 1.807) is 0 Å². The summed E-state index contributed by atoms with van der Waals surface area (Å²) in [6.07, 6.45) is 8.78. The normalized spacial score (nSPS) is 27.9. The van der Waals surface area contributed by atoms with Crippen LogP contribution in [0, 0.1) is 5.92 Å². The Morgan fingerprint density at radius 3 is 2.35 bits per heavy atom. The Kier molecular flexibility index (Phi) is 4.83. The molecule has 1 unspecified atom stereocenters. The highest BCUT2D eigenvalue weighted by Crippen LogP contribution is 2.38. The van der Waals surface area contributed by atoms with E-state index < -0.39 is 0 Å². The van der Waals surface area contributed by atoms with Crippen molar-refractivity contribution in [3.63, 3.8) is 0 Å². The van der Waals surface area contributed by atoms with Crippen molar-refractivity contribution < 1.29 is 9.47 Å². The van der Waals surface area contributed by atoms with E-state index in [4.69, 9.17) is 9.47 Å². The van der Waals surface area contributed by atoms with E-state index in [1.807, 2.05) is 7.11 Å². The van der Waals surface area contributed by atoms with Gasteiger partial charge in [-0.05, 0) is 38.6 Å². The summed E-state index contributed by atoms with van der Waals surface area (Å²) in [4.78, 5) is 0. The molecule has 1 N–H and O–H groups in total. The number of hydrogen-bond donors (Lipinski definition) is 1. The van der Waals surface area contributed by atoms with Crippen molar-refractivity contribution in [2.75, 3.05) is 27.4 Å². The summed E-state index contributed by atoms with van der Waals surface area (Å²) >= 11 is 0. The van der Waals surface area contributed by atoms with Gasteiger partial charge in [-0.1, -0.05) is 19.3 Å². The van der Waals surface area contributed by atoms with Crippen molar-refractivity contribution in [2.45, 2.75) is 56.6 Å². The minimum Gasteiger partial charge on any atom is -0.381 e. The van der Waals surface area contributed by atoms with Crippen LogP contribution in [0.25, 0.3) is 0 Å². The van der Waals surface area contributed by atoms with Gasteiger partial charge in [-0.2, -0.15) is 0 Å². The number of likely N-dealkylation sites (N-methyl/N-ethyl adjacent to an activating group) is 1. The van der Waals surface area contributed by atoms with E-state index in [9.17, 15) is 0 Å². The number of ether oxygens (including phenoxy) is 2. The van der Waals surface area contributed by atoms with Crippen molar-refractivity contribution in [3.05, 3.63) is 0 Å². The molecule has 0 aromatic heterocycles. The molecule has 0 radical (unpaired) electrons. The molecule has 3 heteroatoms. The van der Waals surface area contributed by atoms with E-state index in [-0.39, 0.29) is 5.60 Å². The van der Waals surface area contributed by atoms with Gasteiger partial charge in [0, 0.05) is 26.4 Å². The van der Waals surface area contributed by atoms with Crippen LogP contribution in [0.15, 0.2) is 0 Å². The van der Waals surface area contributed by atoms with Crippen LogP contribution in [-0.4, -0.2) is 39.0 Å². The second-order valence-corrected chi connectivity index (χ2v) is 5.55. The number of methoxy groups -OCH3 is 1. The minimum absolute atomic E-state index is 0.0784. The van der Waals surface area contributed by atoms with Crippen molar-refractivity contribution in [1.82, 2.24) is 5.32 Å². The van der Waals surface area contributed by atoms with E-state index in [1.165, 1.54) is 44.9 Å². The molecule has 1 aliphatic heterocycles. The summed E-state index contributed by atoms with van der Waals surface area (Å²) in [5, 5.41) is 3.55. The average Bonchev–Trinajstić information content (AvgIpc) is 2.42. The van der Waals surface area contributed by atoms with Crippen LogP contribution in [0.5, 0.6) is 0 Å².